The van der Waals surface area contributed by atoms with Crippen LogP contribution < -0.4 is 5.32 Å². The van der Waals surface area contributed by atoms with Gasteiger partial charge in [-0.3, -0.25) is 14.4 Å². The van der Waals surface area contributed by atoms with E-state index < -0.39 is 0 Å². The lowest BCUT2D eigenvalue weighted by atomic mass is 10.1. The van der Waals surface area contributed by atoms with E-state index in [4.69, 9.17) is 14.6 Å². The summed E-state index contributed by atoms with van der Waals surface area (Å²) < 4.78 is 12.6. The highest BCUT2D eigenvalue weighted by molar-refractivity contribution is 7.99. The molecule has 10 heteroatoms. The third-order valence-corrected chi connectivity index (χ3v) is 9.18. The zero-order chi connectivity index (χ0) is 34.1. The number of fused-ring (bicyclic) bond motifs is 1. The van der Waals surface area contributed by atoms with Crippen molar-refractivity contribution in [1.82, 2.24) is 20.0 Å². The van der Waals surface area contributed by atoms with Gasteiger partial charge in [-0.1, -0.05) is 100 Å². The summed E-state index contributed by atoms with van der Waals surface area (Å²) >= 11 is 1.49. The van der Waals surface area contributed by atoms with Gasteiger partial charge in [0.25, 0.3) is 5.91 Å². The molecule has 9 nitrogen and oxygen atoms in total. The van der Waals surface area contributed by atoms with Crippen molar-refractivity contribution < 1.29 is 23.9 Å². The van der Waals surface area contributed by atoms with Gasteiger partial charge in [-0.15, -0.1) is 0 Å². The van der Waals surface area contributed by atoms with Crippen LogP contribution in [0.15, 0.2) is 82.8 Å². The number of benzene rings is 2. The van der Waals surface area contributed by atoms with E-state index in [9.17, 15) is 14.4 Å². The number of allylic oxidation sites excluding steroid dienone is 2. The van der Waals surface area contributed by atoms with E-state index in [1.165, 1.54) is 57.2 Å². The van der Waals surface area contributed by atoms with Gasteiger partial charge in [0, 0.05) is 41.8 Å². The Morgan fingerprint density at radius 1 is 0.938 bits per heavy atom. The Bertz CT molecular complexity index is 1610. The van der Waals surface area contributed by atoms with Crippen molar-refractivity contribution in [3.8, 4) is 0 Å². The van der Waals surface area contributed by atoms with Crippen LogP contribution in [-0.2, 0) is 25.8 Å². The Hall–Kier alpha value is -4.31. The summed E-state index contributed by atoms with van der Waals surface area (Å²) in [5.41, 5.74) is 2.13. The van der Waals surface area contributed by atoms with Gasteiger partial charge in [0.2, 0.25) is 0 Å². The van der Waals surface area contributed by atoms with E-state index in [2.05, 4.69) is 12.2 Å². The van der Waals surface area contributed by atoms with Crippen LogP contribution in [0.5, 0.6) is 0 Å². The summed E-state index contributed by atoms with van der Waals surface area (Å²) in [6, 6.07) is 13.4. The second-order valence-corrected chi connectivity index (χ2v) is 12.9. The average molecular weight is 673 g/mol. The molecule has 48 heavy (non-hydrogen) atoms. The van der Waals surface area contributed by atoms with E-state index >= 15 is 0 Å². The van der Waals surface area contributed by atoms with Crippen molar-refractivity contribution in [2.45, 2.75) is 101 Å². The maximum absolute atomic E-state index is 12.7. The van der Waals surface area contributed by atoms with Crippen LogP contribution in [0.25, 0.3) is 17.0 Å². The third kappa shape index (κ3) is 11.1. The van der Waals surface area contributed by atoms with Gasteiger partial charge < -0.3 is 19.7 Å². The first-order chi connectivity index (χ1) is 23.4. The van der Waals surface area contributed by atoms with Crippen LogP contribution in [-0.4, -0.2) is 52.3 Å². The maximum Gasteiger partial charge on any atom is 0.307 e. The molecule has 1 aromatic heterocycles. The number of hydrogen-bond donors (Lipinski definition) is 1. The van der Waals surface area contributed by atoms with E-state index in [1.807, 2.05) is 77.9 Å². The molecule has 256 valence electrons. The van der Waals surface area contributed by atoms with E-state index in [1.54, 1.807) is 17.8 Å². The Kier molecular flexibility index (Phi) is 14.8. The molecule has 2 heterocycles. The van der Waals surface area contributed by atoms with Crippen LogP contribution in [0.4, 0.5) is 0 Å². The first-order valence-corrected chi connectivity index (χ1v) is 17.8. The molecule has 2 aromatic carbocycles. The first-order valence-electron chi connectivity index (χ1n) is 17.0. The molecule has 1 N–H and O–H groups in total. The number of carbonyl (C=O) groups is 3. The second-order valence-electron chi connectivity index (χ2n) is 11.8. The molecule has 3 aromatic rings. The highest BCUT2D eigenvalue weighted by Crippen LogP contribution is 2.33. The summed E-state index contributed by atoms with van der Waals surface area (Å²) in [5, 5.41) is 8.44. The number of carbonyl (C=O) groups excluding carboxylic acids is 3. The fourth-order valence-electron chi connectivity index (χ4n) is 5.46. The topological polar surface area (TPSA) is 103 Å². The fraction of sp³-hybridized carbons (Fsp3) is 0.421. The lowest BCUT2D eigenvalue weighted by Crippen LogP contribution is -2.31. The summed E-state index contributed by atoms with van der Waals surface area (Å²) in [6.45, 7) is 3.75. The minimum absolute atomic E-state index is 0.00576. The predicted octanol–water partition coefficient (Wildman–Crippen LogP) is 8.26. The number of esters is 2. The van der Waals surface area contributed by atoms with Crippen molar-refractivity contribution >= 4 is 46.6 Å². The minimum Gasteiger partial charge on any atom is -0.444 e. The first kappa shape index (κ1) is 36.5. The van der Waals surface area contributed by atoms with Crippen molar-refractivity contribution in [2.75, 3.05) is 13.8 Å². The Labute approximate surface area is 288 Å². The zero-order valence-corrected chi connectivity index (χ0v) is 29.2. The molecular weight excluding hydrogens is 625 g/mol. The van der Waals surface area contributed by atoms with E-state index in [-0.39, 0.29) is 37.3 Å². The molecule has 0 saturated heterocycles. The summed E-state index contributed by atoms with van der Waals surface area (Å²) in [4.78, 5) is 40.3. The van der Waals surface area contributed by atoms with E-state index in [0.717, 1.165) is 45.7 Å². The number of unbranched alkanes of at least 4 members (excludes halogenated alkanes) is 8. The number of nitrogens with one attached hydrogen (secondary N) is 1. The highest BCUT2D eigenvalue weighted by Gasteiger charge is 2.17. The second kappa shape index (κ2) is 19.5. The van der Waals surface area contributed by atoms with Gasteiger partial charge >= 0.3 is 11.9 Å². The number of hydrogen-bond acceptors (Lipinski definition) is 8. The predicted molar refractivity (Wildman–Crippen MR) is 191 cm³/mol. The Morgan fingerprint density at radius 2 is 1.69 bits per heavy atom. The summed E-state index contributed by atoms with van der Waals surface area (Å²) in [7, 11) is 1.62. The minimum atomic E-state index is -0.343. The van der Waals surface area contributed by atoms with Crippen molar-refractivity contribution in [2.24, 2.45) is 0 Å². The summed E-state index contributed by atoms with van der Waals surface area (Å²) in [5.74, 6) is -0.724. The number of aromatic nitrogens is 2. The molecule has 0 saturated carbocycles. The number of nitrogens with zero attached hydrogens (tertiary/aromatic N) is 3. The number of rotatable bonds is 19. The zero-order valence-electron chi connectivity index (χ0n) is 28.4. The average Bonchev–Trinajstić information content (AvgIpc) is 3.44. The van der Waals surface area contributed by atoms with Gasteiger partial charge in [0.1, 0.15) is 0 Å². The van der Waals surface area contributed by atoms with Crippen LogP contribution in [0.1, 0.15) is 94.1 Å². The van der Waals surface area contributed by atoms with Crippen molar-refractivity contribution in [1.29, 1.82) is 0 Å². The molecule has 0 fully saturated rings. The van der Waals surface area contributed by atoms with Crippen LogP contribution in [0.2, 0.25) is 0 Å². The lowest BCUT2D eigenvalue weighted by molar-refractivity contribution is -0.148. The molecule has 1 atom stereocenters. The summed E-state index contributed by atoms with van der Waals surface area (Å²) in [6.07, 6.45) is 22.7. The van der Waals surface area contributed by atoms with Crippen LogP contribution >= 0.6 is 11.8 Å². The van der Waals surface area contributed by atoms with Crippen molar-refractivity contribution in [3.05, 3.63) is 84.2 Å². The van der Waals surface area contributed by atoms with E-state index in [0.29, 0.717) is 12.0 Å². The monoisotopic (exact) mass is 672 g/mol. The van der Waals surface area contributed by atoms with Gasteiger partial charge in [-0.05, 0) is 48.9 Å². The van der Waals surface area contributed by atoms with Gasteiger partial charge in [0.05, 0.1) is 22.8 Å². The van der Waals surface area contributed by atoms with Gasteiger partial charge in [0.15, 0.2) is 13.5 Å². The highest BCUT2D eigenvalue weighted by atomic mass is 32.2. The molecule has 0 aliphatic carbocycles. The standard InChI is InChI=1S/C38H48N4O5S/c1-4-5-6-7-8-9-10-11-12-20-37(44)47-28-42-35-26-31(48-36-19-14-13-18-33(36)38(45)39-3)22-23-32(35)34(40-42)24-21-30-17-15-16-25-41(30)27-46-29(2)43/h13-19,21-26,30H,4-12,20,27-28H2,1-3H3,(H,39,45)/b24-21+. The van der Waals surface area contributed by atoms with Crippen LogP contribution in [0.3, 0.4) is 0 Å². The smallest absolute Gasteiger partial charge is 0.307 e. The normalized spacial score (nSPS) is 14.1. The molecule has 1 aliphatic heterocycles. The molecule has 1 aliphatic rings. The van der Waals surface area contributed by atoms with Crippen molar-refractivity contribution in [3.63, 3.8) is 0 Å². The SMILES string of the molecule is CCCCCCCCCCCC(=O)OCn1nc(/C=C/C2C=CC=CN2COC(C)=O)c2ccc(Sc3ccccc3C(=O)NC)cc21. The molecule has 4 rings (SSSR count). The number of amides is 1. The molecular formula is C38H48N4O5S. The van der Waals surface area contributed by atoms with Gasteiger partial charge in [-0.25, -0.2) is 4.68 Å². The maximum atomic E-state index is 12.7. The van der Waals surface area contributed by atoms with Crippen LogP contribution in [0, 0.1) is 0 Å². The van der Waals surface area contributed by atoms with Gasteiger partial charge in [-0.2, -0.15) is 5.10 Å². The Morgan fingerprint density at radius 3 is 2.44 bits per heavy atom. The molecule has 0 radical (unpaired) electrons. The fourth-order valence-corrected chi connectivity index (χ4v) is 6.44. The molecule has 1 amide bonds. The third-order valence-electron chi connectivity index (χ3n) is 8.12. The molecule has 0 spiro atoms. The largest absolute Gasteiger partial charge is 0.444 e. The molecule has 1 unspecified atom stereocenters. The number of ether oxygens (including phenoxy) is 2. The Balaban J connectivity index is 1.48. The lowest BCUT2D eigenvalue weighted by Gasteiger charge is -2.27. The molecule has 0 bridgehead atoms. The quantitative estimate of drug-likeness (QED) is 0.100.